The molecule has 0 bridgehead atoms. The van der Waals surface area contributed by atoms with Gasteiger partial charge in [0.2, 0.25) is 0 Å². The fourth-order valence-electron chi connectivity index (χ4n) is 1.72. The molecule has 1 rings (SSSR count). The maximum absolute atomic E-state index is 6.27. The zero-order valence-corrected chi connectivity index (χ0v) is 10.4. The molecule has 0 saturated carbocycles. The Bertz CT molecular complexity index is 342. The van der Waals surface area contributed by atoms with Crippen LogP contribution in [-0.2, 0) is 0 Å². The van der Waals surface area contributed by atoms with Crippen molar-refractivity contribution < 1.29 is 0 Å². The molecule has 0 amide bonds. The molecular formula is C13H22N2. The maximum Gasteiger partial charge on any atom is 0.0477 e. The van der Waals surface area contributed by atoms with Crippen molar-refractivity contribution in [3.8, 4) is 0 Å². The molecule has 1 aromatic rings. The molecule has 0 spiro atoms. The minimum absolute atomic E-state index is 0.0168. The zero-order chi connectivity index (χ0) is 11.6. The molecule has 1 atom stereocenters. The van der Waals surface area contributed by atoms with Gasteiger partial charge in [0.05, 0.1) is 0 Å². The van der Waals surface area contributed by atoms with E-state index in [9.17, 15) is 0 Å². The molecule has 84 valence electrons. The Labute approximate surface area is 92.9 Å². The minimum atomic E-state index is -0.0833. The largest absolute Gasteiger partial charge is 0.322 e. The van der Waals surface area contributed by atoms with Crippen LogP contribution < -0.4 is 11.1 Å². The lowest BCUT2D eigenvalue weighted by atomic mass is 9.87. The fraction of sp³-hybridized carbons (Fsp3) is 0.538. The van der Waals surface area contributed by atoms with Gasteiger partial charge in [-0.2, -0.15) is 0 Å². The standard InChI is InChI=1S/C13H22N2/c1-9-6-7-11(10(2)8-9)12(14)13(3,4)15-5/h6-8,12,15H,14H2,1-5H3. The summed E-state index contributed by atoms with van der Waals surface area (Å²) in [6.07, 6.45) is 0. The topological polar surface area (TPSA) is 38.0 Å². The smallest absolute Gasteiger partial charge is 0.0477 e. The van der Waals surface area contributed by atoms with Gasteiger partial charge in [0.25, 0.3) is 0 Å². The Morgan fingerprint density at radius 3 is 2.33 bits per heavy atom. The molecule has 0 fully saturated rings. The second-order valence-electron chi connectivity index (χ2n) is 4.81. The van der Waals surface area contributed by atoms with E-state index in [-0.39, 0.29) is 11.6 Å². The highest BCUT2D eigenvalue weighted by molar-refractivity contribution is 5.34. The van der Waals surface area contributed by atoms with Crippen LogP contribution in [0.1, 0.15) is 36.6 Å². The molecule has 0 heterocycles. The van der Waals surface area contributed by atoms with Gasteiger partial charge in [-0.25, -0.2) is 0 Å². The third-order valence-corrected chi connectivity index (χ3v) is 3.18. The average molecular weight is 206 g/mol. The van der Waals surface area contributed by atoms with Crippen LogP contribution in [0.4, 0.5) is 0 Å². The van der Waals surface area contributed by atoms with Gasteiger partial charge in [-0.1, -0.05) is 23.8 Å². The highest BCUT2D eigenvalue weighted by atomic mass is 15.0. The van der Waals surface area contributed by atoms with Gasteiger partial charge < -0.3 is 11.1 Å². The third kappa shape index (κ3) is 2.58. The van der Waals surface area contributed by atoms with Crippen molar-refractivity contribution in [1.29, 1.82) is 0 Å². The monoisotopic (exact) mass is 206 g/mol. The minimum Gasteiger partial charge on any atom is -0.322 e. The Kier molecular flexibility index (Phi) is 3.53. The summed E-state index contributed by atoms with van der Waals surface area (Å²) in [6.45, 7) is 8.47. The summed E-state index contributed by atoms with van der Waals surface area (Å²) >= 11 is 0. The molecule has 1 unspecified atom stereocenters. The molecule has 1 aromatic carbocycles. The highest BCUT2D eigenvalue weighted by Crippen LogP contribution is 2.25. The van der Waals surface area contributed by atoms with Gasteiger partial charge in [0, 0.05) is 11.6 Å². The van der Waals surface area contributed by atoms with E-state index in [0.29, 0.717) is 0 Å². The van der Waals surface area contributed by atoms with Crippen molar-refractivity contribution in [2.45, 2.75) is 39.3 Å². The van der Waals surface area contributed by atoms with Crippen molar-refractivity contribution in [2.75, 3.05) is 7.05 Å². The van der Waals surface area contributed by atoms with Crippen LogP contribution in [0, 0.1) is 13.8 Å². The molecule has 0 aromatic heterocycles. The molecule has 15 heavy (non-hydrogen) atoms. The Morgan fingerprint density at radius 2 is 1.87 bits per heavy atom. The van der Waals surface area contributed by atoms with Gasteiger partial charge >= 0.3 is 0 Å². The first kappa shape index (κ1) is 12.2. The molecule has 0 aliphatic carbocycles. The van der Waals surface area contributed by atoms with Gasteiger partial charge in [0.15, 0.2) is 0 Å². The summed E-state index contributed by atoms with van der Waals surface area (Å²) in [5, 5.41) is 3.26. The van der Waals surface area contributed by atoms with E-state index in [2.05, 4.69) is 51.2 Å². The lowest BCUT2D eigenvalue weighted by Crippen LogP contribution is -2.46. The van der Waals surface area contributed by atoms with Crippen LogP contribution in [-0.4, -0.2) is 12.6 Å². The molecule has 0 aliphatic rings. The van der Waals surface area contributed by atoms with Gasteiger partial charge in [-0.15, -0.1) is 0 Å². The normalized spacial score (nSPS) is 14.0. The van der Waals surface area contributed by atoms with E-state index in [1.165, 1.54) is 16.7 Å². The van der Waals surface area contributed by atoms with E-state index in [0.717, 1.165) is 0 Å². The first-order valence-corrected chi connectivity index (χ1v) is 5.40. The van der Waals surface area contributed by atoms with E-state index in [1.807, 2.05) is 7.05 Å². The molecule has 2 heteroatoms. The van der Waals surface area contributed by atoms with Gasteiger partial charge in [-0.3, -0.25) is 0 Å². The van der Waals surface area contributed by atoms with Crippen molar-refractivity contribution >= 4 is 0 Å². The van der Waals surface area contributed by atoms with E-state index in [1.54, 1.807) is 0 Å². The predicted octanol–water partition coefficient (Wildman–Crippen LogP) is 2.30. The lowest BCUT2D eigenvalue weighted by Gasteiger charge is -2.32. The molecule has 0 radical (unpaired) electrons. The quantitative estimate of drug-likeness (QED) is 0.796. The summed E-state index contributed by atoms with van der Waals surface area (Å²) in [5.41, 5.74) is 9.96. The summed E-state index contributed by atoms with van der Waals surface area (Å²) in [7, 11) is 1.95. The number of rotatable bonds is 3. The molecular weight excluding hydrogens is 184 g/mol. The van der Waals surface area contributed by atoms with E-state index < -0.39 is 0 Å². The maximum atomic E-state index is 6.27. The fourth-order valence-corrected chi connectivity index (χ4v) is 1.72. The molecule has 0 saturated heterocycles. The second kappa shape index (κ2) is 4.33. The Morgan fingerprint density at radius 1 is 1.27 bits per heavy atom. The van der Waals surface area contributed by atoms with Crippen LogP contribution in [0.15, 0.2) is 18.2 Å². The third-order valence-electron chi connectivity index (χ3n) is 3.18. The first-order chi connectivity index (χ1) is 6.88. The highest BCUT2D eigenvalue weighted by Gasteiger charge is 2.26. The number of benzene rings is 1. The second-order valence-corrected chi connectivity index (χ2v) is 4.81. The number of hydrogen-bond donors (Lipinski definition) is 2. The summed E-state index contributed by atoms with van der Waals surface area (Å²) in [6, 6.07) is 6.45. The van der Waals surface area contributed by atoms with E-state index in [4.69, 9.17) is 5.73 Å². The van der Waals surface area contributed by atoms with Crippen molar-refractivity contribution in [3.63, 3.8) is 0 Å². The van der Waals surface area contributed by atoms with Crippen LogP contribution in [0.5, 0.6) is 0 Å². The van der Waals surface area contributed by atoms with E-state index >= 15 is 0 Å². The Balaban J connectivity index is 3.06. The lowest BCUT2D eigenvalue weighted by molar-refractivity contribution is 0.348. The van der Waals surface area contributed by atoms with Crippen molar-refractivity contribution in [1.82, 2.24) is 5.32 Å². The summed E-state index contributed by atoms with van der Waals surface area (Å²) in [5.74, 6) is 0. The average Bonchev–Trinajstić information content (AvgIpc) is 2.17. The number of hydrogen-bond acceptors (Lipinski definition) is 2. The summed E-state index contributed by atoms with van der Waals surface area (Å²) < 4.78 is 0. The summed E-state index contributed by atoms with van der Waals surface area (Å²) in [4.78, 5) is 0. The van der Waals surface area contributed by atoms with Crippen molar-refractivity contribution in [3.05, 3.63) is 34.9 Å². The van der Waals surface area contributed by atoms with Crippen LogP contribution in [0.25, 0.3) is 0 Å². The molecule has 2 nitrogen and oxygen atoms in total. The van der Waals surface area contributed by atoms with Gasteiger partial charge in [0.1, 0.15) is 0 Å². The molecule has 3 N–H and O–H groups in total. The van der Waals surface area contributed by atoms with Crippen LogP contribution in [0.2, 0.25) is 0 Å². The number of nitrogens with two attached hydrogens (primary N) is 1. The number of nitrogens with one attached hydrogen (secondary N) is 1. The number of likely N-dealkylation sites (N-methyl/N-ethyl adjacent to an activating group) is 1. The Hall–Kier alpha value is -0.860. The SMILES string of the molecule is CNC(C)(C)C(N)c1ccc(C)cc1C. The van der Waals surface area contributed by atoms with Gasteiger partial charge in [-0.05, 0) is 45.9 Å². The molecule has 0 aliphatic heterocycles. The van der Waals surface area contributed by atoms with Crippen LogP contribution >= 0.6 is 0 Å². The first-order valence-electron chi connectivity index (χ1n) is 5.40. The predicted molar refractivity (Wildman–Crippen MR) is 66.0 cm³/mol. The zero-order valence-electron chi connectivity index (χ0n) is 10.4. The van der Waals surface area contributed by atoms with Crippen molar-refractivity contribution in [2.24, 2.45) is 5.73 Å². The number of aryl methyl sites for hydroxylation is 2. The van der Waals surface area contributed by atoms with Crippen LogP contribution in [0.3, 0.4) is 0 Å².